The first-order chi connectivity index (χ1) is 4.18. The van der Waals surface area contributed by atoms with E-state index in [4.69, 9.17) is 0 Å². The minimum Gasteiger partial charge on any atom is -0.241 e. The highest BCUT2D eigenvalue weighted by atomic mass is 19.3. The van der Waals surface area contributed by atoms with E-state index in [-0.39, 0.29) is 6.42 Å². The molecule has 54 valence electrons. The number of hydrogen-bond donors (Lipinski definition) is 0. The predicted octanol–water partition coefficient (Wildman–Crippen LogP) is 2.56. The zero-order valence-electron chi connectivity index (χ0n) is 4.99. The van der Waals surface area contributed by atoms with E-state index in [2.05, 4.69) is 6.58 Å². The van der Waals surface area contributed by atoms with Gasteiger partial charge in [-0.3, -0.25) is 0 Å². The monoisotopic (exact) mass is 138 g/mol. The topological polar surface area (TPSA) is 0 Å². The Kier molecular flexibility index (Phi) is 4.18. The van der Waals surface area contributed by atoms with Crippen LogP contribution in [0.25, 0.3) is 0 Å². The molecular weight excluding hydrogens is 129 g/mol. The number of rotatable bonds is 4. The zero-order chi connectivity index (χ0) is 7.28. The molecule has 0 aromatic rings. The van der Waals surface area contributed by atoms with E-state index in [0.29, 0.717) is 6.42 Å². The molecule has 0 aliphatic carbocycles. The molecule has 1 atom stereocenters. The van der Waals surface area contributed by atoms with Crippen molar-refractivity contribution in [2.75, 3.05) is 0 Å². The summed E-state index contributed by atoms with van der Waals surface area (Å²) in [6, 6.07) is 0. The third-order valence-electron chi connectivity index (χ3n) is 0.920. The molecule has 0 rings (SSSR count). The van der Waals surface area contributed by atoms with Gasteiger partial charge in [0.1, 0.15) is 0 Å². The van der Waals surface area contributed by atoms with Crippen LogP contribution in [0.5, 0.6) is 0 Å². The summed E-state index contributed by atoms with van der Waals surface area (Å²) >= 11 is 0. The van der Waals surface area contributed by atoms with E-state index in [1.165, 1.54) is 6.08 Å². The minimum atomic E-state index is -2.84. The number of allylic oxidation sites excluding steroid dienone is 1. The molecule has 0 aromatic carbocycles. The van der Waals surface area contributed by atoms with Crippen molar-refractivity contribution < 1.29 is 13.2 Å². The average molecular weight is 138 g/mol. The van der Waals surface area contributed by atoms with Gasteiger partial charge < -0.3 is 0 Å². The van der Waals surface area contributed by atoms with Crippen LogP contribution >= 0.6 is 0 Å². The van der Waals surface area contributed by atoms with Crippen LogP contribution in [0, 0.1) is 0 Å². The van der Waals surface area contributed by atoms with Crippen LogP contribution in [0.3, 0.4) is 0 Å². The Bertz CT molecular complexity index is 80.4. The molecular formula is C6H9F3. The SMILES string of the molecule is C=CCCC(F)C(F)F. The average Bonchev–Trinajstić information content (AvgIpc) is 1.82. The Morgan fingerprint density at radius 2 is 1.89 bits per heavy atom. The normalized spacial score (nSPS) is 13.8. The van der Waals surface area contributed by atoms with Gasteiger partial charge in [-0.15, -0.1) is 6.58 Å². The maximum atomic E-state index is 11.9. The maximum Gasteiger partial charge on any atom is 0.269 e. The molecule has 0 saturated carbocycles. The molecule has 0 aromatic heterocycles. The van der Waals surface area contributed by atoms with Crippen molar-refractivity contribution in [3.05, 3.63) is 12.7 Å². The van der Waals surface area contributed by atoms with E-state index in [1.54, 1.807) is 0 Å². The van der Waals surface area contributed by atoms with Crippen LogP contribution < -0.4 is 0 Å². The summed E-state index contributed by atoms with van der Waals surface area (Å²) in [7, 11) is 0. The Morgan fingerprint density at radius 3 is 2.22 bits per heavy atom. The van der Waals surface area contributed by atoms with Crippen molar-refractivity contribution in [3.8, 4) is 0 Å². The van der Waals surface area contributed by atoms with Gasteiger partial charge in [-0.1, -0.05) is 6.08 Å². The van der Waals surface area contributed by atoms with Gasteiger partial charge in [0, 0.05) is 0 Å². The smallest absolute Gasteiger partial charge is 0.241 e. The molecule has 3 heteroatoms. The summed E-state index contributed by atoms with van der Waals surface area (Å²) in [6.07, 6.45) is -3.21. The van der Waals surface area contributed by atoms with Crippen LogP contribution in [-0.2, 0) is 0 Å². The molecule has 0 spiro atoms. The Hall–Kier alpha value is -0.470. The van der Waals surface area contributed by atoms with Crippen molar-refractivity contribution >= 4 is 0 Å². The standard InChI is InChI=1S/C6H9F3/c1-2-3-4-5(7)6(8)9/h2,5-6H,1,3-4H2. The summed E-state index contributed by atoms with van der Waals surface area (Å²) < 4.78 is 34.6. The van der Waals surface area contributed by atoms with Crippen molar-refractivity contribution in [2.45, 2.75) is 25.4 Å². The van der Waals surface area contributed by atoms with Gasteiger partial charge in [0.05, 0.1) is 0 Å². The maximum absolute atomic E-state index is 11.9. The largest absolute Gasteiger partial charge is 0.269 e. The fourth-order valence-corrected chi connectivity index (χ4v) is 0.403. The highest BCUT2D eigenvalue weighted by Crippen LogP contribution is 2.11. The van der Waals surface area contributed by atoms with Gasteiger partial charge in [-0.05, 0) is 12.8 Å². The van der Waals surface area contributed by atoms with Crippen molar-refractivity contribution in [2.24, 2.45) is 0 Å². The number of alkyl halides is 3. The number of hydrogen-bond acceptors (Lipinski definition) is 0. The molecule has 0 radical (unpaired) electrons. The fourth-order valence-electron chi connectivity index (χ4n) is 0.403. The second kappa shape index (κ2) is 4.41. The minimum absolute atomic E-state index is 0.124. The van der Waals surface area contributed by atoms with Crippen LogP contribution in [0.15, 0.2) is 12.7 Å². The zero-order valence-corrected chi connectivity index (χ0v) is 4.99. The molecule has 0 N–H and O–H groups in total. The first kappa shape index (κ1) is 8.53. The lowest BCUT2D eigenvalue weighted by atomic mass is 10.2. The van der Waals surface area contributed by atoms with E-state index in [0.717, 1.165) is 0 Å². The van der Waals surface area contributed by atoms with E-state index in [9.17, 15) is 13.2 Å². The van der Waals surface area contributed by atoms with Crippen molar-refractivity contribution in [3.63, 3.8) is 0 Å². The summed E-state index contributed by atoms with van der Waals surface area (Å²) in [4.78, 5) is 0. The second-order valence-corrected chi connectivity index (χ2v) is 1.72. The summed E-state index contributed by atoms with van der Waals surface area (Å²) in [6.45, 7) is 3.28. The second-order valence-electron chi connectivity index (χ2n) is 1.72. The van der Waals surface area contributed by atoms with E-state index in [1.807, 2.05) is 0 Å². The van der Waals surface area contributed by atoms with Gasteiger partial charge in [0.15, 0.2) is 6.17 Å². The van der Waals surface area contributed by atoms with Crippen LogP contribution in [0.2, 0.25) is 0 Å². The fraction of sp³-hybridized carbons (Fsp3) is 0.667. The summed E-state index contributed by atoms with van der Waals surface area (Å²) in [5.74, 6) is 0. The van der Waals surface area contributed by atoms with Crippen LogP contribution in [0.4, 0.5) is 13.2 Å². The molecule has 0 bridgehead atoms. The lowest BCUT2D eigenvalue weighted by Crippen LogP contribution is -2.10. The van der Waals surface area contributed by atoms with Gasteiger partial charge in [0.25, 0.3) is 6.43 Å². The predicted molar refractivity (Wildman–Crippen MR) is 30.3 cm³/mol. The molecule has 0 amide bonds. The summed E-state index contributed by atoms with van der Waals surface area (Å²) in [5, 5.41) is 0. The van der Waals surface area contributed by atoms with Gasteiger partial charge in [-0.25, -0.2) is 13.2 Å². The van der Waals surface area contributed by atoms with Crippen LogP contribution in [-0.4, -0.2) is 12.6 Å². The lowest BCUT2D eigenvalue weighted by molar-refractivity contribution is 0.0460. The highest BCUT2D eigenvalue weighted by Gasteiger charge is 2.16. The number of halogens is 3. The lowest BCUT2D eigenvalue weighted by Gasteiger charge is -2.02. The van der Waals surface area contributed by atoms with Crippen molar-refractivity contribution in [1.29, 1.82) is 0 Å². The molecule has 1 unspecified atom stereocenters. The third kappa shape index (κ3) is 4.06. The first-order valence-corrected chi connectivity index (χ1v) is 2.71. The first-order valence-electron chi connectivity index (χ1n) is 2.71. The molecule has 0 nitrogen and oxygen atoms in total. The van der Waals surface area contributed by atoms with Gasteiger partial charge >= 0.3 is 0 Å². The summed E-state index contributed by atoms with van der Waals surface area (Å²) in [5.41, 5.74) is 0. The Labute approximate surface area is 52.4 Å². The van der Waals surface area contributed by atoms with Crippen LogP contribution in [0.1, 0.15) is 12.8 Å². The molecule has 9 heavy (non-hydrogen) atoms. The Morgan fingerprint density at radius 1 is 1.33 bits per heavy atom. The van der Waals surface area contributed by atoms with E-state index < -0.39 is 12.6 Å². The van der Waals surface area contributed by atoms with Gasteiger partial charge in [-0.2, -0.15) is 0 Å². The Balaban J connectivity index is 3.26. The quantitative estimate of drug-likeness (QED) is 0.524. The molecule has 0 aliphatic heterocycles. The third-order valence-corrected chi connectivity index (χ3v) is 0.920. The molecule has 0 fully saturated rings. The molecule has 0 aliphatic rings. The highest BCUT2D eigenvalue weighted by molar-refractivity contribution is 4.70. The molecule has 0 heterocycles. The molecule has 0 saturated heterocycles. The van der Waals surface area contributed by atoms with Gasteiger partial charge in [0.2, 0.25) is 0 Å². The van der Waals surface area contributed by atoms with Crippen molar-refractivity contribution in [1.82, 2.24) is 0 Å². The van der Waals surface area contributed by atoms with E-state index >= 15 is 0 Å².